The maximum absolute atomic E-state index is 12.9. The van der Waals surface area contributed by atoms with E-state index in [1.165, 1.54) is 10.5 Å². The number of nitrogens with one attached hydrogen (secondary N) is 1. The summed E-state index contributed by atoms with van der Waals surface area (Å²) in [6, 6.07) is 17.1. The van der Waals surface area contributed by atoms with E-state index in [0.29, 0.717) is 16.8 Å². The highest BCUT2D eigenvalue weighted by Gasteiger charge is 2.38. The Morgan fingerprint density at radius 1 is 1.09 bits per heavy atom. The van der Waals surface area contributed by atoms with E-state index in [-0.39, 0.29) is 12.6 Å². The van der Waals surface area contributed by atoms with Gasteiger partial charge in [0.25, 0.3) is 11.8 Å². The standard InChI is InChI=1S/C25H27ClN2O4S/c26-18-9-4-8-17(14-18)20-10-5-13-28(20)25(32)23(30)22(29)24(31)27-15-19-11-12-21(33-19)16-6-2-1-3-7-16/h1-4,6-9,11,14,20-23,29-30H,5,10,12-13,15H2,(H,27,31)/t20-,21?,22-,23-/m1/s1. The molecule has 174 valence electrons. The van der Waals surface area contributed by atoms with Crippen molar-refractivity contribution in [3.8, 4) is 0 Å². The molecular weight excluding hydrogens is 460 g/mol. The lowest BCUT2D eigenvalue weighted by molar-refractivity contribution is -0.153. The number of carbonyl (C=O) groups is 2. The first-order chi connectivity index (χ1) is 15.9. The number of hydrogen-bond donors (Lipinski definition) is 3. The predicted molar refractivity (Wildman–Crippen MR) is 130 cm³/mol. The van der Waals surface area contributed by atoms with E-state index >= 15 is 0 Å². The van der Waals surface area contributed by atoms with Crippen LogP contribution in [0, 0.1) is 0 Å². The number of aliphatic hydroxyl groups excluding tert-OH is 2. The zero-order valence-electron chi connectivity index (χ0n) is 18.1. The number of rotatable bonds is 7. The van der Waals surface area contributed by atoms with Crippen molar-refractivity contribution in [1.82, 2.24) is 10.2 Å². The molecule has 1 fully saturated rings. The maximum atomic E-state index is 12.9. The molecule has 0 saturated carbocycles. The van der Waals surface area contributed by atoms with Gasteiger partial charge in [0.1, 0.15) is 0 Å². The highest BCUT2D eigenvalue weighted by atomic mass is 35.5. The molecule has 0 aromatic heterocycles. The van der Waals surface area contributed by atoms with Crippen LogP contribution in [0.1, 0.15) is 41.7 Å². The first kappa shape index (κ1) is 23.8. The predicted octanol–water partition coefficient (Wildman–Crippen LogP) is 3.60. The van der Waals surface area contributed by atoms with Crippen LogP contribution in [0.3, 0.4) is 0 Å². The summed E-state index contributed by atoms with van der Waals surface area (Å²) in [5.74, 6) is -1.42. The van der Waals surface area contributed by atoms with Crippen LogP contribution in [-0.4, -0.2) is 52.2 Å². The Balaban J connectivity index is 1.30. The summed E-state index contributed by atoms with van der Waals surface area (Å²) in [6.45, 7) is 0.700. The fraction of sp³-hybridized carbons (Fsp3) is 0.360. The van der Waals surface area contributed by atoms with Crippen LogP contribution in [0.2, 0.25) is 5.02 Å². The average molecular weight is 487 g/mol. The van der Waals surface area contributed by atoms with Gasteiger partial charge in [-0.2, -0.15) is 0 Å². The Labute approximate surface area is 202 Å². The monoisotopic (exact) mass is 486 g/mol. The maximum Gasteiger partial charge on any atom is 0.255 e. The van der Waals surface area contributed by atoms with E-state index in [2.05, 4.69) is 23.5 Å². The Morgan fingerprint density at radius 2 is 1.85 bits per heavy atom. The highest BCUT2D eigenvalue weighted by molar-refractivity contribution is 8.03. The van der Waals surface area contributed by atoms with Gasteiger partial charge in [0.15, 0.2) is 12.2 Å². The molecule has 0 bridgehead atoms. The first-order valence-corrected chi connectivity index (χ1v) is 12.3. The second kappa shape index (κ2) is 10.7. The van der Waals surface area contributed by atoms with Crippen LogP contribution in [0.4, 0.5) is 0 Å². The zero-order valence-corrected chi connectivity index (χ0v) is 19.6. The van der Waals surface area contributed by atoms with Crippen molar-refractivity contribution >= 4 is 35.2 Å². The van der Waals surface area contributed by atoms with Crippen LogP contribution in [0.15, 0.2) is 65.6 Å². The van der Waals surface area contributed by atoms with Gasteiger partial charge in [0.2, 0.25) is 0 Å². The van der Waals surface area contributed by atoms with Crippen molar-refractivity contribution in [3.63, 3.8) is 0 Å². The minimum Gasteiger partial charge on any atom is -0.380 e. The number of aliphatic hydroxyl groups is 2. The van der Waals surface area contributed by atoms with E-state index in [4.69, 9.17) is 11.6 Å². The van der Waals surface area contributed by atoms with Crippen molar-refractivity contribution in [2.45, 2.75) is 42.8 Å². The van der Waals surface area contributed by atoms with Gasteiger partial charge in [0.05, 0.1) is 6.04 Å². The Morgan fingerprint density at radius 3 is 2.61 bits per heavy atom. The van der Waals surface area contributed by atoms with Crippen LogP contribution < -0.4 is 5.32 Å². The number of thioether (sulfide) groups is 1. The minimum atomic E-state index is -1.84. The average Bonchev–Trinajstić information content (AvgIpc) is 3.52. The van der Waals surface area contributed by atoms with Crippen LogP contribution in [0.25, 0.3) is 0 Å². The molecule has 8 heteroatoms. The number of allylic oxidation sites excluding steroid dienone is 1. The highest BCUT2D eigenvalue weighted by Crippen LogP contribution is 2.43. The lowest BCUT2D eigenvalue weighted by Gasteiger charge is -2.28. The molecule has 0 aliphatic carbocycles. The summed E-state index contributed by atoms with van der Waals surface area (Å²) >= 11 is 7.75. The van der Waals surface area contributed by atoms with Gasteiger partial charge in [-0.25, -0.2) is 0 Å². The van der Waals surface area contributed by atoms with Gasteiger partial charge in [-0.05, 0) is 42.5 Å². The van der Waals surface area contributed by atoms with Gasteiger partial charge in [-0.15, -0.1) is 11.8 Å². The van der Waals surface area contributed by atoms with Crippen LogP contribution in [-0.2, 0) is 9.59 Å². The molecule has 4 rings (SSSR count). The second-order valence-electron chi connectivity index (χ2n) is 8.28. The summed E-state index contributed by atoms with van der Waals surface area (Å²) in [7, 11) is 0. The number of carbonyl (C=O) groups excluding carboxylic acids is 2. The molecule has 2 aliphatic rings. The number of hydrogen-bond acceptors (Lipinski definition) is 5. The molecular formula is C25H27ClN2O4S. The molecule has 4 atom stereocenters. The number of benzene rings is 2. The summed E-state index contributed by atoms with van der Waals surface area (Å²) in [6.07, 6.45) is 0.767. The summed E-state index contributed by atoms with van der Waals surface area (Å²) in [5.41, 5.74) is 2.10. The third-order valence-electron chi connectivity index (χ3n) is 6.05. The molecule has 0 spiro atoms. The van der Waals surface area contributed by atoms with E-state index in [1.807, 2.05) is 30.3 Å². The molecule has 6 nitrogen and oxygen atoms in total. The SMILES string of the molecule is O=C(NCC1=CCC(c2ccccc2)S1)[C@H](O)[C@@H](O)C(=O)N1CCC[C@@H]1c1cccc(Cl)c1. The van der Waals surface area contributed by atoms with Crippen LogP contribution >= 0.6 is 23.4 Å². The number of amides is 2. The Hall–Kier alpha value is -2.32. The van der Waals surface area contributed by atoms with Gasteiger partial charge in [-0.1, -0.05) is 60.1 Å². The molecule has 2 aliphatic heterocycles. The van der Waals surface area contributed by atoms with Crippen molar-refractivity contribution in [1.29, 1.82) is 0 Å². The number of likely N-dealkylation sites (tertiary alicyclic amines) is 1. The number of halogens is 1. The molecule has 2 aromatic rings. The van der Waals surface area contributed by atoms with Crippen molar-refractivity contribution in [2.75, 3.05) is 13.1 Å². The van der Waals surface area contributed by atoms with Crippen molar-refractivity contribution < 1.29 is 19.8 Å². The third kappa shape index (κ3) is 5.61. The summed E-state index contributed by atoms with van der Waals surface area (Å²) in [4.78, 5) is 27.9. The largest absolute Gasteiger partial charge is 0.380 e. The second-order valence-corrected chi connectivity index (χ2v) is 10.0. The lowest BCUT2D eigenvalue weighted by atomic mass is 10.0. The summed E-state index contributed by atoms with van der Waals surface area (Å²) in [5, 5.41) is 24.4. The molecule has 2 amide bonds. The van der Waals surface area contributed by atoms with E-state index in [0.717, 1.165) is 29.7 Å². The van der Waals surface area contributed by atoms with Crippen molar-refractivity contribution in [3.05, 3.63) is 81.7 Å². The van der Waals surface area contributed by atoms with Crippen LogP contribution in [0.5, 0.6) is 0 Å². The minimum absolute atomic E-state index is 0.240. The van der Waals surface area contributed by atoms with Gasteiger partial charge in [0, 0.05) is 28.3 Å². The molecule has 0 radical (unpaired) electrons. The molecule has 2 aromatic carbocycles. The Bertz CT molecular complexity index is 1030. The topological polar surface area (TPSA) is 89.9 Å². The van der Waals surface area contributed by atoms with Gasteiger partial charge < -0.3 is 20.4 Å². The molecule has 1 saturated heterocycles. The summed E-state index contributed by atoms with van der Waals surface area (Å²) < 4.78 is 0. The lowest BCUT2D eigenvalue weighted by Crippen LogP contribution is -2.50. The quantitative estimate of drug-likeness (QED) is 0.556. The smallest absolute Gasteiger partial charge is 0.255 e. The Kier molecular flexibility index (Phi) is 7.75. The van der Waals surface area contributed by atoms with Crippen molar-refractivity contribution in [2.24, 2.45) is 0 Å². The first-order valence-electron chi connectivity index (χ1n) is 11.0. The molecule has 1 unspecified atom stereocenters. The van der Waals surface area contributed by atoms with Gasteiger partial charge >= 0.3 is 0 Å². The van der Waals surface area contributed by atoms with Gasteiger partial charge in [-0.3, -0.25) is 9.59 Å². The zero-order chi connectivity index (χ0) is 23.4. The molecule has 2 heterocycles. The fourth-order valence-corrected chi connectivity index (χ4v) is 5.72. The third-order valence-corrected chi connectivity index (χ3v) is 7.65. The molecule has 33 heavy (non-hydrogen) atoms. The molecule has 3 N–H and O–H groups in total. The van der Waals surface area contributed by atoms with E-state index < -0.39 is 24.0 Å². The fourth-order valence-electron chi connectivity index (χ4n) is 4.32. The van der Waals surface area contributed by atoms with E-state index in [1.54, 1.807) is 23.9 Å². The number of nitrogens with zero attached hydrogens (tertiary/aromatic N) is 1. The van der Waals surface area contributed by atoms with E-state index in [9.17, 15) is 19.8 Å². The normalized spacial score (nSPS) is 22.0.